The molecule has 0 saturated carbocycles. The van der Waals surface area contributed by atoms with E-state index in [2.05, 4.69) is 0 Å². The van der Waals surface area contributed by atoms with Gasteiger partial charge in [-0.2, -0.15) is 0 Å². The Bertz CT molecular complexity index is 618. The Kier molecular flexibility index (Phi) is 4.98. The molecule has 21 heavy (non-hydrogen) atoms. The van der Waals surface area contributed by atoms with E-state index in [-0.39, 0.29) is 24.5 Å². The van der Waals surface area contributed by atoms with Crippen LogP contribution in [0, 0.1) is 17.5 Å². The minimum atomic E-state index is -1.18. The molecule has 0 aliphatic carbocycles. The Balaban J connectivity index is 2.04. The van der Waals surface area contributed by atoms with Crippen molar-refractivity contribution >= 4 is 0 Å². The molecule has 0 amide bonds. The molecule has 2 rings (SSSR count). The Morgan fingerprint density at radius 1 is 1.05 bits per heavy atom. The Morgan fingerprint density at radius 2 is 1.76 bits per heavy atom. The maximum absolute atomic E-state index is 13.6. The van der Waals surface area contributed by atoms with Gasteiger partial charge >= 0.3 is 0 Å². The molecule has 5 heteroatoms. The number of nitrogens with zero attached hydrogens (tertiary/aromatic N) is 1. The first kappa shape index (κ1) is 15.5. The number of aliphatic hydroxyl groups excluding tert-OH is 1. The molecule has 1 N–H and O–H groups in total. The molecule has 0 aliphatic heterocycles. The Morgan fingerprint density at radius 3 is 2.48 bits per heavy atom. The van der Waals surface area contributed by atoms with Crippen LogP contribution in [0.1, 0.15) is 17.2 Å². The molecule has 0 aliphatic rings. The van der Waals surface area contributed by atoms with Crippen LogP contribution in [0.25, 0.3) is 0 Å². The number of benzene rings is 2. The van der Waals surface area contributed by atoms with E-state index >= 15 is 0 Å². The number of rotatable bonds is 5. The second-order valence-electron chi connectivity index (χ2n) is 4.97. The summed E-state index contributed by atoms with van der Waals surface area (Å²) in [5, 5.41) is 10.0. The summed E-state index contributed by atoms with van der Waals surface area (Å²) in [6.45, 7) is 0.329. The fourth-order valence-electron chi connectivity index (χ4n) is 2.15. The topological polar surface area (TPSA) is 23.5 Å². The quantitative estimate of drug-likeness (QED) is 0.915. The largest absolute Gasteiger partial charge is 0.387 e. The minimum Gasteiger partial charge on any atom is -0.387 e. The van der Waals surface area contributed by atoms with Gasteiger partial charge in [-0.05, 0) is 31.3 Å². The molecular weight excluding hydrogens is 279 g/mol. The maximum Gasteiger partial charge on any atom is 0.129 e. The van der Waals surface area contributed by atoms with E-state index in [0.717, 1.165) is 18.2 Å². The molecule has 0 radical (unpaired) electrons. The van der Waals surface area contributed by atoms with Crippen molar-refractivity contribution in [3.8, 4) is 0 Å². The average Bonchev–Trinajstić information content (AvgIpc) is 2.44. The van der Waals surface area contributed by atoms with Crippen LogP contribution in [0.3, 0.4) is 0 Å². The van der Waals surface area contributed by atoms with Crippen molar-refractivity contribution in [3.05, 3.63) is 71.0 Å². The number of halogens is 3. The number of hydrogen-bond donors (Lipinski definition) is 1. The van der Waals surface area contributed by atoms with Gasteiger partial charge in [0, 0.05) is 24.2 Å². The van der Waals surface area contributed by atoms with Crippen LogP contribution in [-0.4, -0.2) is 23.6 Å². The maximum atomic E-state index is 13.6. The molecule has 0 saturated heterocycles. The molecule has 112 valence electrons. The standard InChI is InChI=1S/C16H16F3NO/c1-20(9-11-4-2-3-5-14(11)18)10-16(21)13-8-12(17)6-7-15(13)19/h2-8,16,21H,9-10H2,1H3. The summed E-state index contributed by atoms with van der Waals surface area (Å²) in [6.07, 6.45) is -1.18. The lowest BCUT2D eigenvalue weighted by Gasteiger charge is -2.21. The second-order valence-corrected chi connectivity index (χ2v) is 4.97. The molecule has 2 aromatic carbocycles. The summed E-state index contributed by atoms with van der Waals surface area (Å²) in [5.41, 5.74) is 0.377. The van der Waals surface area contributed by atoms with Gasteiger partial charge in [0.05, 0.1) is 6.10 Å². The third kappa shape index (κ3) is 4.06. The van der Waals surface area contributed by atoms with Crippen LogP contribution in [0.2, 0.25) is 0 Å². The first-order valence-corrected chi connectivity index (χ1v) is 6.52. The van der Waals surface area contributed by atoms with Crippen molar-refractivity contribution in [2.75, 3.05) is 13.6 Å². The van der Waals surface area contributed by atoms with Gasteiger partial charge in [0.15, 0.2) is 0 Å². The predicted octanol–water partition coefficient (Wildman–Crippen LogP) is 3.27. The molecule has 1 unspecified atom stereocenters. The van der Waals surface area contributed by atoms with Crippen molar-refractivity contribution in [3.63, 3.8) is 0 Å². The van der Waals surface area contributed by atoms with Crippen LogP contribution in [0.4, 0.5) is 13.2 Å². The van der Waals surface area contributed by atoms with Crippen molar-refractivity contribution < 1.29 is 18.3 Å². The zero-order valence-corrected chi connectivity index (χ0v) is 11.6. The molecule has 2 aromatic rings. The minimum absolute atomic E-state index is 0.0642. The second kappa shape index (κ2) is 6.74. The number of likely N-dealkylation sites (N-methyl/N-ethyl adjacent to an activating group) is 1. The van der Waals surface area contributed by atoms with Crippen LogP contribution in [0.15, 0.2) is 42.5 Å². The van der Waals surface area contributed by atoms with Gasteiger partial charge in [-0.3, -0.25) is 4.90 Å². The van der Waals surface area contributed by atoms with E-state index in [1.54, 1.807) is 30.1 Å². The Hall–Kier alpha value is -1.85. The van der Waals surface area contributed by atoms with Crippen molar-refractivity contribution in [1.82, 2.24) is 4.90 Å². The first-order chi connectivity index (χ1) is 9.97. The SMILES string of the molecule is CN(Cc1ccccc1F)CC(O)c1cc(F)ccc1F. The summed E-state index contributed by atoms with van der Waals surface area (Å²) in [4.78, 5) is 1.65. The Labute approximate surface area is 121 Å². The van der Waals surface area contributed by atoms with Gasteiger partial charge in [0.2, 0.25) is 0 Å². The lowest BCUT2D eigenvalue weighted by molar-refractivity contribution is 0.119. The molecular formula is C16H16F3NO. The first-order valence-electron chi connectivity index (χ1n) is 6.52. The molecule has 2 nitrogen and oxygen atoms in total. The van der Waals surface area contributed by atoms with Crippen molar-refractivity contribution in [1.29, 1.82) is 0 Å². The van der Waals surface area contributed by atoms with Crippen LogP contribution in [-0.2, 0) is 6.54 Å². The van der Waals surface area contributed by atoms with Crippen molar-refractivity contribution in [2.45, 2.75) is 12.6 Å². The van der Waals surface area contributed by atoms with E-state index in [1.807, 2.05) is 0 Å². The molecule has 0 fully saturated rings. The molecule has 0 spiro atoms. The third-order valence-corrected chi connectivity index (χ3v) is 3.20. The monoisotopic (exact) mass is 295 g/mol. The van der Waals surface area contributed by atoms with Gasteiger partial charge < -0.3 is 5.11 Å². The molecule has 1 atom stereocenters. The van der Waals surface area contributed by atoms with Gasteiger partial charge in [0.25, 0.3) is 0 Å². The highest BCUT2D eigenvalue weighted by atomic mass is 19.1. The van der Waals surface area contributed by atoms with Crippen LogP contribution < -0.4 is 0 Å². The summed E-state index contributed by atoms with van der Waals surface area (Å²) in [6, 6.07) is 9.24. The van der Waals surface area contributed by atoms with Crippen molar-refractivity contribution in [2.24, 2.45) is 0 Å². The van der Waals surface area contributed by atoms with E-state index in [0.29, 0.717) is 5.56 Å². The van der Waals surface area contributed by atoms with Gasteiger partial charge in [-0.15, -0.1) is 0 Å². The fraction of sp³-hybridized carbons (Fsp3) is 0.250. The molecule has 0 aromatic heterocycles. The third-order valence-electron chi connectivity index (χ3n) is 3.20. The smallest absolute Gasteiger partial charge is 0.129 e. The van der Waals surface area contributed by atoms with Crippen LogP contribution in [0.5, 0.6) is 0 Å². The van der Waals surface area contributed by atoms with E-state index in [9.17, 15) is 18.3 Å². The molecule has 0 heterocycles. The summed E-state index contributed by atoms with van der Waals surface area (Å²) < 4.78 is 40.2. The number of hydrogen-bond acceptors (Lipinski definition) is 2. The highest BCUT2D eigenvalue weighted by Crippen LogP contribution is 2.20. The zero-order chi connectivity index (χ0) is 15.4. The summed E-state index contributed by atoms with van der Waals surface area (Å²) >= 11 is 0. The van der Waals surface area contributed by atoms with E-state index in [1.165, 1.54) is 6.07 Å². The van der Waals surface area contributed by atoms with Gasteiger partial charge in [-0.1, -0.05) is 18.2 Å². The zero-order valence-electron chi connectivity index (χ0n) is 11.6. The van der Waals surface area contributed by atoms with Gasteiger partial charge in [-0.25, -0.2) is 13.2 Å². The predicted molar refractivity (Wildman–Crippen MR) is 74.1 cm³/mol. The lowest BCUT2D eigenvalue weighted by Crippen LogP contribution is -2.25. The van der Waals surface area contributed by atoms with E-state index in [4.69, 9.17) is 0 Å². The number of aliphatic hydroxyl groups is 1. The lowest BCUT2D eigenvalue weighted by atomic mass is 10.1. The normalized spacial score (nSPS) is 12.7. The van der Waals surface area contributed by atoms with Gasteiger partial charge in [0.1, 0.15) is 17.5 Å². The highest BCUT2D eigenvalue weighted by molar-refractivity contribution is 5.21. The van der Waals surface area contributed by atoms with E-state index < -0.39 is 17.7 Å². The highest BCUT2D eigenvalue weighted by Gasteiger charge is 2.16. The average molecular weight is 295 g/mol. The summed E-state index contributed by atoms with van der Waals surface area (Å²) in [7, 11) is 1.67. The van der Waals surface area contributed by atoms with Crippen LogP contribution >= 0.6 is 0 Å². The molecule has 0 bridgehead atoms. The summed E-state index contributed by atoms with van der Waals surface area (Å²) in [5.74, 6) is -1.61. The fourth-order valence-corrected chi connectivity index (χ4v) is 2.15.